The largest absolute Gasteiger partial charge is 0.338 e. The summed E-state index contributed by atoms with van der Waals surface area (Å²) in [6, 6.07) is 6.84. The molecule has 1 aromatic heterocycles. The lowest BCUT2D eigenvalue weighted by molar-refractivity contribution is -0.130. The van der Waals surface area contributed by atoms with Gasteiger partial charge >= 0.3 is 0 Å². The van der Waals surface area contributed by atoms with E-state index in [0.717, 1.165) is 6.42 Å². The van der Waals surface area contributed by atoms with E-state index in [1.54, 1.807) is 29.2 Å². The van der Waals surface area contributed by atoms with Crippen molar-refractivity contribution in [3.63, 3.8) is 0 Å². The van der Waals surface area contributed by atoms with E-state index in [1.165, 1.54) is 16.3 Å². The zero-order valence-electron chi connectivity index (χ0n) is 16.4. The molecule has 2 heterocycles. The summed E-state index contributed by atoms with van der Waals surface area (Å²) in [6.07, 6.45) is 2.85. The van der Waals surface area contributed by atoms with Crippen molar-refractivity contribution in [3.8, 4) is 0 Å². The van der Waals surface area contributed by atoms with Crippen LogP contribution in [0.15, 0.2) is 46.9 Å². The Bertz CT molecular complexity index is 1080. The summed E-state index contributed by atoms with van der Waals surface area (Å²) in [5, 5.41) is 0.978. The van der Waals surface area contributed by atoms with E-state index < -0.39 is 9.84 Å². The summed E-state index contributed by atoms with van der Waals surface area (Å²) in [4.78, 5) is 31.9. The molecule has 2 aromatic rings. The maximum Gasteiger partial charge on any atom is 0.262 e. The lowest BCUT2D eigenvalue weighted by Crippen LogP contribution is -2.42. The zero-order chi connectivity index (χ0) is 21.0. The van der Waals surface area contributed by atoms with Crippen LogP contribution in [0.5, 0.6) is 0 Å². The Balaban J connectivity index is 1.83. The van der Waals surface area contributed by atoms with Crippen LogP contribution in [0.4, 0.5) is 0 Å². The Labute approximate surface area is 174 Å². The molecule has 0 aliphatic carbocycles. The van der Waals surface area contributed by atoms with Crippen molar-refractivity contribution in [2.24, 2.45) is 0 Å². The molecule has 29 heavy (non-hydrogen) atoms. The Hall–Kier alpha value is -2.13. The number of amides is 1. The number of rotatable bonds is 8. The monoisotopic (exact) mass is 435 g/mol. The molecule has 1 atom stereocenters. The van der Waals surface area contributed by atoms with Crippen LogP contribution in [0.2, 0.25) is 0 Å². The van der Waals surface area contributed by atoms with Crippen molar-refractivity contribution in [1.82, 2.24) is 14.5 Å². The van der Waals surface area contributed by atoms with Crippen LogP contribution >= 0.6 is 11.8 Å². The third-order valence-electron chi connectivity index (χ3n) is 4.90. The van der Waals surface area contributed by atoms with Crippen LogP contribution in [-0.2, 0) is 21.2 Å². The van der Waals surface area contributed by atoms with Crippen LogP contribution in [0.25, 0.3) is 10.9 Å². The summed E-state index contributed by atoms with van der Waals surface area (Å²) >= 11 is 1.20. The molecule has 1 unspecified atom stereocenters. The van der Waals surface area contributed by atoms with E-state index in [2.05, 4.69) is 11.6 Å². The van der Waals surface area contributed by atoms with Crippen LogP contribution in [0, 0.1) is 0 Å². The second-order valence-electron chi connectivity index (χ2n) is 7.05. The van der Waals surface area contributed by atoms with E-state index in [-0.39, 0.29) is 34.8 Å². The molecular weight excluding hydrogens is 410 g/mol. The van der Waals surface area contributed by atoms with Gasteiger partial charge < -0.3 is 4.90 Å². The molecule has 9 heteroatoms. The van der Waals surface area contributed by atoms with Gasteiger partial charge in [-0.05, 0) is 25.0 Å². The maximum atomic E-state index is 12.9. The number of aromatic nitrogens is 2. The van der Waals surface area contributed by atoms with Gasteiger partial charge in [0.15, 0.2) is 15.0 Å². The molecule has 1 saturated heterocycles. The maximum absolute atomic E-state index is 12.9. The summed E-state index contributed by atoms with van der Waals surface area (Å²) in [5.41, 5.74) is 0.415. The molecule has 0 spiro atoms. The number of carbonyl (C=O) groups excluding carboxylic acids is 1. The Kier molecular flexibility index (Phi) is 6.79. The van der Waals surface area contributed by atoms with Crippen molar-refractivity contribution in [3.05, 3.63) is 47.3 Å². The normalized spacial score (nSPS) is 18.0. The number of allylic oxidation sites excluding steroid dienone is 1. The minimum absolute atomic E-state index is 0.0266. The van der Waals surface area contributed by atoms with E-state index in [4.69, 9.17) is 0 Å². The first-order valence-corrected chi connectivity index (χ1v) is 12.4. The quantitative estimate of drug-likeness (QED) is 0.358. The molecule has 1 amide bonds. The topological polar surface area (TPSA) is 89.3 Å². The van der Waals surface area contributed by atoms with E-state index in [1.807, 2.05) is 13.0 Å². The number of sulfone groups is 1. The van der Waals surface area contributed by atoms with Gasteiger partial charge in [-0.1, -0.05) is 36.9 Å². The highest BCUT2D eigenvalue weighted by atomic mass is 32.2. The van der Waals surface area contributed by atoms with Gasteiger partial charge in [-0.3, -0.25) is 14.2 Å². The third-order valence-corrected chi connectivity index (χ3v) is 7.61. The molecule has 0 bridgehead atoms. The first kappa shape index (κ1) is 21.6. The fourth-order valence-electron chi connectivity index (χ4n) is 3.53. The predicted molar refractivity (Wildman–Crippen MR) is 116 cm³/mol. The fourth-order valence-corrected chi connectivity index (χ4v) is 6.16. The molecule has 0 saturated carbocycles. The van der Waals surface area contributed by atoms with E-state index in [9.17, 15) is 18.0 Å². The highest BCUT2D eigenvalue weighted by molar-refractivity contribution is 7.99. The van der Waals surface area contributed by atoms with Crippen molar-refractivity contribution < 1.29 is 13.2 Å². The highest BCUT2D eigenvalue weighted by Crippen LogP contribution is 2.22. The van der Waals surface area contributed by atoms with Gasteiger partial charge in [0.25, 0.3) is 5.56 Å². The summed E-state index contributed by atoms with van der Waals surface area (Å²) in [7, 11) is -3.07. The van der Waals surface area contributed by atoms with Crippen molar-refractivity contribution in [2.75, 3.05) is 23.8 Å². The van der Waals surface area contributed by atoms with E-state index >= 15 is 0 Å². The van der Waals surface area contributed by atoms with Crippen molar-refractivity contribution >= 4 is 38.4 Å². The molecule has 0 radical (unpaired) electrons. The molecule has 156 valence electrons. The second-order valence-corrected chi connectivity index (χ2v) is 10.2. The van der Waals surface area contributed by atoms with Gasteiger partial charge in [-0.15, -0.1) is 6.58 Å². The van der Waals surface area contributed by atoms with Gasteiger partial charge in [0.2, 0.25) is 5.91 Å². The average molecular weight is 436 g/mol. The van der Waals surface area contributed by atoms with Gasteiger partial charge in [-0.2, -0.15) is 0 Å². The zero-order valence-corrected chi connectivity index (χ0v) is 18.0. The number of thioether (sulfide) groups is 1. The lowest BCUT2D eigenvalue weighted by Gasteiger charge is -2.28. The number of nitrogens with zero attached hydrogens (tertiary/aromatic N) is 3. The lowest BCUT2D eigenvalue weighted by atomic mass is 10.2. The molecule has 0 N–H and O–H groups in total. The van der Waals surface area contributed by atoms with Gasteiger partial charge in [0.1, 0.15) is 0 Å². The Morgan fingerprint density at radius 1 is 1.41 bits per heavy atom. The number of fused-ring (bicyclic) bond motifs is 1. The predicted octanol–water partition coefficient (Wildman–Crippen LogP) is 2.10. The first-order chi connectivity index (χ1) is 13.9. The average Bonchev–Trinajstić information content (AvgIpc) is 3.06. The highest BCUT2D eigenvalue weighted by Gasteiger charge is 2.34. The minimum Gasteiger partial charge on any atom is -0.338 e. The van der Waals surface area contributed by atoms with Gasteiger partial charge in [-0.25, -0.2) is 13.4 Å². The fraction of sp³-hybridized carbons (Fsp3) is 0.450. The second kappa shape index (κ2) is 9.13. The number of benzene rings is 1. The third kappa shape index (κ3) is 4.90. The van der Waals surface area contributed by atoms with Crippen molar-refractivity contribution in [2.45, 2.75) is 37.5 Å². The molecular formula is C20H25N3O4S2. The standard InChI is InChI=1S/C20H25N3O4S2/c1-3-10-22(15-9-12-29(26,27)14-15)18(24)13-28-20-21-17-8-6-5-7-16(17)19(25)23(20)11-4-2/h4-8,15H,2-3,9-14H2,1H3. The van der Waals surface area contributed by atoms with Crippen LogP contribution in [0.3, 0.4) is 0 Å². The Morgan fingerprint density at radius 2 is 2.17 bits per heavy atom. The number of hydrogen-bond acceptors (Lipinski definition) is 6. The SMILES string of the molecule is C=CCn1c(SCC(=O)N(CCC)C2CCS(=O)(=O)C2)nc2ccccc2c1=O. The molecule has 1 aliphatic rings. The molecule has 1 fully saturated rings. The van der Waals surface area contributed by atoms with Gasteiger partial charge in [0, 0.05) is 19.1 Å². The Morgan fingerprint density at radius 3 is 2.83 bits per heavy atom. The summed E-state index contributed by atoms with van der Waals surface area (Å²) < 4.78 is 25.2. The van der Waals surface area contributed by atoms with Crippen molar-refractivity contribution in [1.29, 1.82) is 0 Å². The number of hydrogen-bond donors (Lipinski definition) is 0. The summed E-state index contributed by atoms with van der Waals surface area (Å²) in [6.45, 7) is 6.48. The smallest absolute Gasteiger partial charge is 0.262 e. The van der Waals surface area contributed by atoms with Gasteiger partial charge in [0.05, 0.1) is 28.2 Å². The van der Waals surface area contributed by atoms with Crippen LogP contribution < -0.4 is 5.56 Å². The minimum atomic E-state index is -3.07. The number of carbonyl (C=O) groups is 1. The summed E-state index contributed by atoms with van der Waals surface area (Å²) in [5.74, 6) is 0.118. The van der Waals surface area contributed by atoms with Crippen LogP contribution in [0.1, 0.15) is 19.8 Å². The first-order valence-electron chi connectivity index (χ1n) is 9.59. The molecule has 7 nitrogen and oxygen atoms in total. The van der Waals surface area contributed by atoms with E-state index in [0.29, 0.717) is 35.6 Å². The molecule has 1 aliphatic heterocycles. The van der Waals surface area contributed by atoms with Crippen LogP contribution in [-0.4, -0.2) is 58.6 Å². The molecule has 3 rings (SSSR count). The molecule has 1 aromatic carbocycles. The number of para-hydroxylation sites is 1.